The summed E-state index contributed by atoms with van der Waals surface area (Å²) < 4.78 is 8.26. The largest absolute Gasteiger partial charge is 0.491 e. The Bertz CT molecular complexity index is 1770. The third kappa shape index (κ3) is 8.61. The van der Waals surface area contributed by atoms with E-state index in [4.69, 9.17) is 9.73 Å². The molecule has 0 aliphatic heterocycles. The molecule has 4 aromatic carbocycles. The molecule has 0 spiro atoms. The van der Waals surface area contributed by atoms with Crippen molar-refractivity contribution >= 4 is 28.4 Å². The first-order chi connectivity index (χ1) is 22.0. The van der Waals surface area contributed by atoms with Gasteiger partial charge in [0.2, 0.25) is 0 Å². The topological polar surface area (TPSA) is 26.5 Å². The van der Waals surface area contributed by atoms with Gasteiger partial charge in [-0.15, -0.1) is 0 Å². The lowest BCUT2D eigenvalue weighted by Crippen LogP contribution is -2.08. The summed E-state index contributed by atoms with van der Waals surface area (Å²) in [7, 11) is 0. The van der Waals surface area contributed by atoms with Crippen LogP contribution in [-0.2, 0) is 13.0 Å². The van der Waals surface area contributed by atoms with E-state index in [0.29, 0.717) is 0 Å². The van der Waals surface area contributed by atoms with Crippen molar-refractivity contribution in [3.63, 3.8) is 0 Å². The van der Waals surface area contributed by atoms with E-state index in [2.05, 4.69) is 160 Å². The SMILES string of the molecule is CC(=Nc1ccccc1)C(C/C=C/C=C/C=C/c1c(C)n(CCc2ccc(OC(C)C)cc2)c2ccccc12)c1ccccc1. The van der Waals surface area contributed by atoms with E-state index in [1.165, 1.54) is 33.3 Å². The molecule has 1 aromatic heterocycles. The summed E-state index contributed by atoms with van der Waals surface area (Å²) in [5.74, 6) is 1.15. The summed E-state index contributed by atoms with van der Waals surface area (Å²) in [4.78, 5) is 4.92. The molecule has 3 heteroatoms. The second kappa shape index (κ2) is 15.7. The van der Waals surface area contributed by atoms with Crippen LogP contribution >= 0.6 is 0 Å². The van der Waals surface area contributed by atoms with Crippen LogP contribution in [0.3, 0.4) is 0 Å². The first-order valence-electron chi connectivity index (χ1n) is 16.0. The van der Waals surface area contributed by atoms with Gasteiger partial charge in [-0.3, -0.25) is 4.99 Å². The molecule has 0 aliphatic carbocycles. The quantitative estimate of drug-likeness (QED) is 0.0986. The van der Waals surface area contributed by atoms with Gasteiger partial charge in [0.05, 0.1) is 11.8 Å². The summed E-state index contributed by atoms with van der Waals surface area (Å²) in [6.45, 7) is 9.40. The van der Waals surface area contributed by atoms with Crippen molar-refractivity contribution in [2.24, 2.45) is 4.99 Å². The number of ether oxygens (including phenoxy) is 1. The van der Waals surface area contributed by atoms with E-state index >= 15 is 0 Å². The molecule has 0 radical (unpaired) electrons. The molecule has 0 saturated heterocycles. The van der Waals surface area contributed by atoms with Gasteiger partial charge in [-0.1, -0.05) is 115 Å². The minimum atomic E-state index is 0.184. The normalized spacial score (nSPS) is 13.1. The standard InChI is InChI=1S/C42H44N2O/c1-32(2)45-38-28-26-35(27-29-38)30-31-44-34(4)40(41-24-16-17-25-42(41)44)23-15-7-5-6-14-22-39(36-18-10-8-11-19-36)33(3)43-37-20-12-9-13-21-37/h5-21,23-29,32,39H,22,30-31H2,1-4H3/b7-5+,14-6+,23-15+,43-33?. The maximum Gasteiger partial charge on any atom is 0.119 e. The van der Waals surface area contributed by atoms with Crippen molar-refractivity contribution < 1.29 is 4.74 Å². The molecule has 1 heterocycles. The highest BCUT2D eigenvalue weighted by atomic mass is 16.5. The summed E-state index contributed by atoms with van der Waals surface area (Å²) in [6, 6.07) is 38.1. The number of para-hydroxylation sites is 2. The average Bonchev–Trinajstić information content (AvgIpc) is 3.32. The van der Waals surface area contributed by atoms with Crippen molar-refractivity contribution in [3.8, 4) is 5.75 Å². The third-order valence-electron chi connectivity index (χ3n) is 8.07. The lowest BCUT2D eigenvalue weighted by molar-refractivity contribution is 0.242. The second-order valence-corrected chi connectivity index (χ2v) is 11.7. The number of fused-ring (bicyclic) bond motifs is 1. The highest BCUT2D eigenvalue weighted by Gasteiger charge is 2.14. The number of aryl methyl sites for hydroxylation is 2. The molecule has 228 valence electrons. The van der Waals surface area contributed by atoms with Crippen LogP contribution in [0.25, 0.3) is 17.0 Å². The first-order valence-corrected chi connectivity index (χ1v) is 16.0. The maximum atomic E-state index is 5.81. The van der Waals surface area contributed by atoms with Crippen LogP contribution in [0.4, 0.5) is 5.69 Å². The van der Waals surface area contributed by atoms with Gasteiger partial charge < -0.3 is 9.30 Å². The highest BCUT2D eigenvalue weighted by molar-refractivity contribution is 5.92. The van der Waals surface area contributed by atoms with E-state index in [0.717, 1.165) is 36.5 Å². The van der Waals surface area contributed by atoms with E-state index in [1.807, 2.05) is 18.2 Å². The molecule has 1 unspecified atom stereocenters. The number of hydrogen-bond acceptors (Lipinski definition) is 2. The Morgan fingerprint density at radius 3 is 2.18 bits per heavy atom. The molecular weight excluding hydrogens is 548 g/mol. The number of allylic oxidation sites excluding steroid dienone is 5. The number of hydrogen-bond donors (Lipinski definition) is 0. The lowest BCUT2D eigenvalue weighted by atomic mass is 9.91. The molecule has 5 rings (SSSR count). The van der Waals surface area contributed by atoms with Gasteiger partial charge in [0, 0.05) is 40.3 Å². The molecule has 0 N–H and O–H groups in total. The smallest absolute Gasteiger partial charge is 0.119 e. The molecule has 0 aliphatic rings. The van der Waals surface area contributed by atoms with Crippen molar-refractivity contribution in [2.45, 2.75) is 59.1 Å². The van der Waals surface area contributed by atoms with Crippen LogP contribution in [0.15, 0.2) is 145 Å². The monoisotopic (exact) mass is 592 g/mol. The number of nitrogens with zero attached hydrogens (tertiary/aromatic N) is 2. The highest BCUT2D eigenvalue weighted by Crippen LogP contribution is 2.28. The van der Waals surface area contributed by atoms with Crippen LogP contribution < -0.4 is 4.74 Å². The fourth-order valence-electron chi connectivity index (χ4n) is 5.79. The van der Waals surface area contributed by atoms with Gasteiger partial charge >= 0.3 is 0 Å². The van der Waals surface area contributed by atoms with Crippen molar-refractivity contribution in [1.82, 2.24) is 4.57 Å². The third-order valence-corrected chi connectivity index (χ3v) is 8.07. The summed E-state index contributed by atoms with van der Waals surface area (Å²) in [5, 5.41) is 1.29. The van der Waals surface area contributed by atoms with Crippen LogP contribution in [-0.4, -0.2) is 16.4 Å². The summed E-state index contributed by atoms with van der Waals surface area (Å²) in [5.41, 5.74) is 8.54. The van der Waals surface area contributed by atoms with E-state index < -0.39 is 0 Å². The maximum absolute atomic E-state index is 5.81. The Morgan fingerprint density at radius 2 is 1.44 bits per heavy atom. The second-order valence-electron chi connectivity index (χ2n) is 11.7. The number of benzene rings is 4. The van der Waals surface area contributed by atoms with Gasteiger partial charge in [0.15, 0.2) is 0 Å². The predicted octanol–water partition coefficient (Wildman–Crippen LogP) is 11.1. The van der Waals surface area contributed by atoms with Gasteiger partial charge in [-0.05, 0) is 82.0 Å². The summed E-state index contributed by atoms with van der Waals surface area (Å²) in [6.07, 6.45) is 15.0. The molecule has 0 saturated carbocycles. The van der Waals surface area contributed by atoms with Crippen LogP contribution in [0.2, 0.25) is 0 Å². The van der Waals surface area contributed by atoms with Crippen LogP contribution in [0, 0.1) is 6.92 Å². The molecule has 3 nitrogen and oxygen atoms in total. The zero-order valence-corrected chi connectivity index (χ0v) is 26.9. The number of rotatable bonds is 13. The minimum Gasteiger partial charge on any atom is -0.491 e. The van der Waals surface area contributed by atoms with Gasteiger partial charge in [-0.2, -0.15) is 0 Å². The van der Waals surface area contributed by atoms with Crippen molar-refractivity contribution in [3.05, 3.63) is 162 Å². The Hall–Kier alpha value is -4.89. The van der Waals surface area contributed by atoms with E-state index in [1.54, 1.807) is 0 Å². The molecular formula is C42H44N2O. The molecule has 0 fully saturated rings. The molecule has 0 amide bonds. The number of aliphatic imine (C=N–C) groups is 1. The average molecular weight is 593 g/mol. The Labute approximate surface area is 268 Å². The zero-order chi connectivity index (χ0) is 31.4. The van der Waals surface area contributed by atoms with E-state index in [-0.39, 0.29) is 12.0 Å². The van der Waals surface area contributed by atoms with Crippen LogP contribution in [0.1, 0.15) is 55.5 Å². The minimum absolute atomic E-state index is 0.184. The molecule has 0 bridgehead atoms. The fraction of sp³-hybridized carbons (Fsp3) is 0.214. The molecule has 45 heavy (non-hydrogen) atoms. The zero-order valence-electron chi connectivity index (χ0n) is 26.9. The van der Waals surface area contributed by atoms with Crippen LogP contribution in [0.5, 0.6) is 5.75 Å². The van der Waals surface area contributed by atoms with Gasteiger partial charge in [0.1, 0.15) is 5.75 Å². The van der Waals surface area contributed by atoms with Gasteiger partial charge in [0.25, 0.3) is 0 Å². The predicted molar refractivity (Wildman–Crippen MR) is 193 cm³/mol. The lowest BCUT2D eigenvalue weighted by Gasteiger charge is -2.15. The summed E-state index contributed by atoms with van der Waals surface area (Å²) >= 11 is 0. The Balaban J connectivity index is 1.25. The number of aromatic nitrogens is 1. The van der Waals surface area contributed by atoms with Crippen molar-refractivity contribution in [1.29, 1.82) is 0 Å². The molecule has 5 aromatic rings. The van der Waals surface area contributed by atoms with Gasteiger partial charge in [-0.25, -0.2) is 0 Å². The Kier molecular flexibility index (Phi) is 11.0. The van der Waals surface area contributed by atoms with E-state index in [9.17, 15) is 0 Å². The molecule has 1 atom stereocenters. The fourth-order valence-corrected chi connectivity index (χ4v) is 5.79. The van der Waals surface area contributed by atoms with Crippen molar-refractivity contribution in [2.75, 3.05) is 0 Å². The first kappa shape index (κ1) is 31.5. The Morgan fingerprint density at radius 1 is 0.778 bits per heavy atom.